The molecule has 0 spiro atoms. The standard InChI is InChI=1S/C15H33NO2P/c1-2-3-4-5-6-7-8-9-10-11-14-18-19(17)15-12-13-16/h2-16H2,1H3/q+1. The van der Waals surface area contributed by atoms with Crippen molar-refractivity contribution in [2.45, 2.75) is 77.6 Å². The average Bonchev–Trinajstić information content (AvgIpc) is 2.42. The highest BCUT2D eigenvalue weighted by molar-refractivity contribution is 7.39. The minimum absolute atomic E-state index is 0.600. The molecule has 0 aliphatic carbocycles. The van der Waals surface area contributed by atoms with Crippen molar-refractivity contribution in [3.05, 3.63) is 0 Å². The fraction of sp³-hybridized carbons (Fsp3) is 1.00. The zero-order valence-corrected chi connectivity index (χ0v) is 13.6. The average molecular weight is 290 g/mol. The van der Waals surface area contributed by atoms with Crippen molar-refractivity contribution in [3.63, 3.8) is 0 Å². The van der Waals surface area contributed by atoms with E-state index in [1.165, 1.54) is 57.8 Å². The van der Waals surface area contributed by atoms with E-state index < -0.39 is 8.03 Å². The van der Waals surface area contributed by atoms with Crippen LogP contribution in [-0.4, -0.2) is 19.3 Å². The molecular formula is C15H33NO2P+. The molecule has 0 fully saturated rings. The van der Waals surface area contributed by atoms with Gasteiger partial charge in [-0.2, -0.15) is 0 Å². The second kappa shape index (κ2) is 16.1. The van der Waals surface area contributed by atoms with Gasteiger partial charge in [0.1, 0.15) is 6.61 Å². The number of hydrogen-bond donors (Lipinski definition) is 1. The molecule has 0 aromatic rings. The van der Waals surface area contributed by atoms with Crippen LogP contribution in [0.5, 0.6) is 0 Å². The van der Waals surface area contributed by atoms with Crippen LogP contribution in [0, 0.1) is 0 Å². The van der Waals surface area contributed by atoms with Crippen LogP contribution in [0.4, 0.5) is 0 Å². The summed E-state index contributed by atoms with van der Waals surface area (Å²) in [6.07, 6.45) is 14.6. The van der Waals surface area contributed by atoms with Crippen LogP contribution in [0.2, 0.25) is 0 Å². The topological polar surface area (TPSA) is 52.3 Å². The van der Waals surface area contributed by atoms with Crippen molar-refractivity contribution in [2.75, 3.05) is 19.3 Å². The number of nitrogens with two attached hydrogens (primary N) is 1. The monoisotopic (exact) mass is 290 g/mol. The van der Waals surface area contributed by atoms with Gasteiger partial charge in [-0.1, -0.05) is 64.7 Å². The predicted molar refractivity (Wildman–Crippen MR) is 83.9 cm³/mol. The van der Waals surface area contributed by atoms with Crippen molar-refractivity contribution in [1.29, 1.82) is 0 Å². The molecule has 0 aliphatic heterocycles. The van der Waals surface area contributed by atoms with E-state index in [-0.39, 0.29) is 0 Å². The van der Waals surface area contributed by atoms with Crippen LogP contribution in [0.3, 0.4) is 0 Å². The minimum atomic E-state index is -1.45. The quantitative estimate of drug-likeness (QED) is 0.340. The molecule has 19 heavy (non-hydrogen) atoms. The summed E-state index contributed by atoms with van der Waals surface area (Å²) in [6, 6.07) is 0. The highest BCUT2D eigenvalue weighted by Crippen LogP contribution is 2.23. The lowest BCUT2D eigenvalue weighted by molar-refractivity contribution is 0.315. The van der Waals surface area contributed by atoms with E-state index in [0.717, 1.165) is 12.8 Å². The van der Waals surface area contributed by atoms with Crippen LogP contribution in [0.25, 0.3) is 0 Å². The number of unbranched alkanes of at least 4 members (excludes halogenated alkanes) is 9. The maximum Gasteiger partial charge on any atom is 0.508 e. The molecule has 114 valence electrons. The molecule has 0 aliphatic rings. The lowest BCUT2D eigenvalue weighted by Crippen LogP contribution is -2.00. The molecule has 0 radical (unpaired) electrons. The molecule has 4 heteroatoms. The summed E-state index contributed by atoms with van der Waals surface area (Å²) in [6.45, 7) is 3.50. The Kier molecular flexibility index (Phi) is 16.1. The fourth-order valence-electron chi connectivity index (χ4n) is 2.04. The molecule has 1 atom stereocenters. The summed E-state index contributed by atoms with van der Waals surface area (Å²) in [5, 5.41) is 0. The Hall–Kier alpha value is 0.0200. The van der Waals surface area contributed by atoms with E-state index >= 15 is 0 Å². The zero-order chi connectivity index (χ0) is 14.2. The van der Waals surface area contributed by atoms with E-state index in [1.807, 2.05) is 0 Å². The zero-order valence-electron chi connectivity index (χ0n) is 12.7. The largest absolute Gasteiger partial charge is 0.508 e. The van der Waals surface area contributed by atoms with Gasteiger partial charge in [0.25, 0.3) is 0 Å². The van der Waals surface area contributed by atoms with E-state index in [0.29, 0.717) is 19.3 Å². The van der Waals surface area contributed by atoms with Gasteiger partial charge in [0.2, 0.25) is 0 Å². The molecule has 0 heterocycles. The van der Waals surface area contributed by atoms with E-state index in [9.17, 15) is 4.57 Å². The third-order valence-electron chi connectivity index (χ3n) is 3.28. The van der Waals surface area contributed by atoms with Gasteiger partial charge in [-0.25, -0.2) is 0 Å². The summed E-state index contributed by atoms with van der Waals surface area (Å²) in [7, 11) is -1.45. The summed E-state index contributed by atoms with van der Waals surface area (Å²) in [4.78, 5) is 0. The first kappa shape index (κ1) is 19.0. The Morgan fingerprint density at radius 1 is 0.842 bits per heavy atom. The van der Waals surface area contributed by atoms with Crippen LogP contribution in [0.15, 0.2) is 0 Å². The highest BCUT2D eigenvalue weighted by atomic mass is 31.1. The Morgan fingerprint density at radius 2 is 1.37 bits per heavy atom. The third kappa shape index (κ3) is 16.0. The summed E-state index contributed by atoms with van der Waals surface area (Å²) >= 11 is 0. The number of hydrogen-bond acceptors (Lipinski definition) is 3. The minimum Gasteiger partial charge on any atom is -0.330 e. The van der Waals surface area contributed by atoms with Crippen molar-refractivity contribution < 1.29 is 9.09 Å². The van der Waals surface area contributed by atoms with Crippen molar-refractivity contribution in [3.8, 4) is 0 Å². The molecule has 0 saturated carbocycles. The van der Waals surface area contributed by atoms with E-state index in [1.54, 1.807) is 0 Å². The molecule has 0 saturated heterocycles. The van der Waals surface area contributed by atoms with Crippen LogP contribution >= 0.6 is 8.03 Å². The van der Waals surface area contributed by atoms with Crippen molar-refractivity contribution in [2.24, 2.45) is 5.73 Å². The first-order chi connectivity index (χ1) is 9.31. The van der Waals surface area contributed by atoms with Gasteiger partial charge in [-0.05, 0) is 17.5 Å². The van der Waals surface area contributed by atoms with E-state index in [2.05, 4.69) is 6.92 Å². The van der Waals surface area contributed by atoms with Crippen LogP contribution in [-0.2, 0) is 9.09 Å². The summed E-state index contributed by atoms with van der Waals surface area (Å²) < 4.78 is 16.6. The summed E-state index contributed by atoms with van der Waals surface area (Å²) in [5.74, 6) is 0. The molecule has 0 aromatic heterocycles. The molecular weight excluding hydrogens is 257 g/mol. The normalized spacial score (nSPS) is 11.8. The molecule has 0 amide bonds. The maximum absolute atomic E-state index is 11.3. The lowest BCUT2D eigenvalue weighted by atomic mass is 10.1. The molecule has 0 bridgehead atoms. The van der Waals surface area contributed by atoms with Crippen LogP contribution in [0.1, 0.15) is 77.6 Å². The highest BCUT2D eigenvalue weighted by Gasteiger charge is 2.14. The van der Waals surface area contributed by atoms with Gasteiger partial charge in [-0.15, -0.1) is 4.52 Å². The maximum atomic E-state index is 11.3. The van der Waals surface area contributed by atoms with Gasteiger partial charge in [0, 0.05) is 6.42 Å². The first-order valence-corrected chi connectivity index (χ1v) is 9.45. The van der Waals surface area contributed by atoms with E-state index in [4.69, 9.17) is 10.3 Å². The first-order valence-electron chi connectivity index (χ1n) is 8.09. The molecule has 2 N–H and O–H groups in total. The summed E-state index contributed by atoms with van der Waals surface area (Å²) in [5.41, 5.74) is 5.35. The fourth-order valence-corrected chi connectivity index (χ4v) is 2.94. The molecule has 3 nitrogen and oxygen atoms in total. The van der Waals surface area contributed by atoms with Crippen LogP contribution < -0.4 is 5.73 Å². The van der Waals surface area contributed by atoms with Gasteiger partial charge >= 0.3 is 8.03 Å². The van der Waals surface area contributed by atoms with Gasteiger partial charge < -0.3 is 5.73 Å². The molecule has 1 unspecified atom stereocenters. The predicted octanol–water partition coefficient (Wildman–Crippen LogP) is 5.02. The smallest absolute Gasteiger partial charge is 0.330 e. The lowest BCUT2D eigenvalue weighted by Gasteiger charge is -2.01. The Labute approximate surface area is 120 Å². The number of rotatable bonds is 15. The van der Waals surface area contributed by atoms with Gasteiger partial charge in [-0.3, -0.25) is 0 Å². The Bertz CT molecular complexity index is 201. The SMILES string of the molecule is CCCCCCCCCCCCO[P+](=O)CCCN. The van der Waals surface area contributed by atoms with Crippen molar-refractivity contribution in [1.82, 2.24) is 0 Å². The second-order valence-corrected chi connectivity index (χ2v) is 6.58. The molecule has 0 rings (SSSR count). The second-order valence-electron chi connectivity index (χ2n) is 5.21. The van der Waals surface area contributed by atoms with Crippen molar-refractivity contribution >= 4 is 8.03 Å². The Morgan fingerprint density at radius 3 is 1.89 bits per heavy atom. The Balaban J connectivity index is 3.04. The molecule has 0 aromatic carbocycles. The van der Waals surface area contributed by atoms with Gasteiger partial charge in [0.15, 0.2) is 6.16 Å². The van der Waals surface area contributed by atoms with Gasteiger partial charge in [0.05, 0.1) is 0 Å². The third-order valence-corrected chi connectivity index (χ3v) is 4.43.